The molecule has 0 bridgehead atoms. The smallest absolute Gasteiger partial charge is 0.0596 e. The van der Waals surface area contributed by atoms with Crippen LogP contribution in [0, 0.1) is 0 Å². The van der Waals surface area contributed by atoms with Crippen LogP contribution in [0.4, 0.5) is 0 Å². The van der Waals surface area contributed by atoms with E-state index in [0.29, 0.717) is 0 Å². The fraction of sp³-hybridized carbons (Fsp3) is 0.231. The Morgan fingerprint density at radius 2 is 2.12 bits per heavy atom. The van der Waals surface area contributed by atoms with Gasteiger partial charge < -0.3 is 5.32 Å². The van der Waals surface area contributed by atoms with Crippen molar-refractivity contribution in [3.63, 3.8) is 0 Å². The molecule has 0 saturated carbocycles. The largest absolute Gasteiger partial charge is 0.306 e. The molecule has 1 heterocycles. The van der Waals surface area contributed by atoms with E-state index in [2.05, 4.69) is 79.1 Å². The Labute approximate surface area is 123 Å². The molecule has 0 amide bonds. The van der Waals surface area contributed by atoms with E-state index in [4.69, 9.17) is 0 Å². The summed E-state index contributed by atoms with van der Waals surface area (Å²) in [5, 5.41) is 7.84. The van der Waals surface area contributed by atoms with Gasteiger partial charge in [0, 0.05) is 8.95 Å². The molecule has 1 nitrogen and oxygen atoms in total. The van der Waals surface area contributed by atoms with Crippen molar-refractivity contribution in [2.24, 2.45) is 0 Å². The molecule has 2 aromatic rings. The summed E-state index contributed by atoms with van der Waals surface area (Å²) >= 11 is 8.85. The minimum absolute atomic E-state index is 0.258. The SMILES string of the molecule is CCNC(c1ccsc1)c1ccc(Br)cc1Br. The lowest BCUT2D eigenvalue weighted by Gasteiger charge is -2.19. The first-order valence-electron chi connectivity index (χ1n) is 5.42. The molecular weight excluding hydrogens is 362 g/mol. The second-order valence-corrected chi connectivity index (χ2v) is 6.26. The number of halogens is 2. The minimum Gasteiger partial charge on any atom is -0.306 e. The Kier molecular flexibility index (Phi) is 4.79. The molecule has 0 radical (unpaired) electrons. The molecule has 1 atom stereocenters. The molecule has 0 aliphatic rings. The molecule has 90 valence electrons. The third-order valence-electron chi connectivity index (χ3n) is 2.56. The Morgan fingerprint density at radius 1 is 1.29 bits per heavy atom. The van der Waals surface area contributed by atoms with Crippen molar-refractivity contribution in [3.05, 3.63) is 55.1 Å². The van der Waals surface area contributed by atoms with Crippen LogP contribution >= 0.6 is 43.2 Å². The predicted molar refractivity (Wildman–Crippen MR) is 81.7 cm³/mol. The van der Waals surface area contributed by atoms with E-state index >= 15 is 0 Å². The number of nitrogens with one attached hydrogen (secondary N) is 1. The third-order valence-corrected chi connectivity index (χ3v) is 4.44. The van der Waals surface area contributed by atoms with Crippen LogP contribution in [0.5, 0.6) is 0 Å². The van der Waals surface area contributed by atoms with E-state index in [1.54, 1.807) is 11.3 Å². The van der Waals surface area contributed by atoms with Crippen molar-refractivity contribution < 1.29 is 0 Å². The molecule has 0 aliphatic carbocycles. The lowest BCUT2D eigenvalue weighted by Crippen LogP contribution is -2.21. The summed E-state index contributed by atoms with van der Waals surface area (Å²) in [5.74, 6) is 0. The van der Waals surface area contributed by atoms with Crippen LogP contribution in [0.3, 0.4) is 0 Å². The number of thiophene rings is 1. The number of benzene rings is 1. The molecule has 2 rings (SSSR count). The Balaban J connectivity index is 2.39. The van der Waals surface area contributed by atoms with Gasteiger partial charge in [0.2, 0.25) is 0 Å². The summed E-state index contributed by atoms with van der Waals surface area (Å²) in [7, 11) is 0. The van der Waals surface area contributed by atoms with Gasteiger partial charge in [-0.3, -0.25) is 0 Å². The van der Waals surface area contributed by atoms with Gasteiger partial charge in [-0.05, 0) is 46.6 Å². The highest BCUT2D eigenvalue weighted by Gasteiger charge is 2.16. The molecule has 0 fully saturated rings. The van der Waals surface area contributed by atoms with Gasteiger partial charge in [-0.2, -0.15) is 11.3 Å². The highest BCUT2D eigenvalue weighted by Crippen LogP contribution is 2.31. The van der Waals surface area contributed by atoms with Crippen LogP contribution in [0.1, 0.15) is 24.1 Å². The Morgan fingerprint density at radius 3 is 2.71 bits per heavy atom. The second kappa shape index (κ2) is 6.14. The number of rotatable bonds is 4. The predicted octanol–water partition coefficient (Wildman–Crippen LogP) is 4.97. The van der Waals surface area contributed by atoms with Gasteiger partial charge in [-0.25, -0.2) is 0 Å². The van der Waals surface area contributed by atoms with Gasteiger partial charge in [0.1, 0.15) is 0 Å². The van der Waals surface area contributed by atoms with Gasteiger partial charge in [0.15, 0.2) is 0 Å². The van der Waals surface area contributed by atoms with Crippen LogP contribution in [-0.4, -0.2) is 6.54 Å². The zero-order valence-corrected chi connectivity index (χ0v) is 13.4. The Bertz CT molecular complexity index is 482. The Hall–Kier alpha value is -0.160. The van der Waals surface area contributed by atoms with E-state index in [1.807, 2.05) is 0 Å². The monoisotopic (exact) mass is 373 g/mol. The van der Waals surface area contributed by atoms with Crippen molar-refractivity contribution in [2.75, 3.05) is 6.54 Å². The van der Waals surface area contributed by atoms with Crippen molar-refractivity contribution in [2.45, 2.75) is 13.0 Å². The van der Waals surface area contributed by atoms with Crippen molar-refractivity contribution in [3.8, 4) is 0 Å². The van der Waals surface area contributed by atoms with Gasteiger partial charge >= 0.3 is 0 Å². The molecule has 0 spiro atoms. The zero-order valence-electron chi connectivity index (χ0n) is 9.41. The maximum atomic E-state index is 3.64. The fourth-order valence-corrected chi connectivity index (χ4v) is 3.75. The summed E-state index contributed by atoms with van der Waals surface area (Å²) in [6.45, 7) is 3.08. The van der Waals surface area contributed by atoms with Crippen LogP contribution in [0.25, 0.3) is 0 Å². The first kappa shape index (κ1) is 13.3. The van der Waals surface area contributed by atoms with Crippen LogP contribution in [0.2, 0.25) is 0 Å². The van der Waals surface area contributed by atoms with Gasteiger partial charge in [-0.15, -0.1) is 0 Å². The van der Waals surface area contributed by atoms with Crippen LogP contribution < -0.4 is 5.32 Å². The van der Waals surface area contributed by atoms with Gasteiger partial charge in [-0.1, -0.05) is 44.8 Å². The topological polar surface area (TPSA) is 12.0 Å². The first-order valence-corrected chi connectivity index (χ1v) is 7.95. The van der Waals surface area contributed by atoms with Crippen LogP contribution in [0.15, 0.2) is 44.0 Å². The second-order valence-electron chi connectivity index (χ2n) is 3.71. The molecule has 17 heavy (non-hydrogen) atoms. The molecule has 0 aliphatic heterocycles. The average molecular weight is 375 g/mol. The maximum absolute atomic E-state index is 3.64. The van der Waals surface area contributed by atoms with Crippen molar-refractivity contribution >= 4 is 43.2 Å². The summed E-state index contributed by atoms with van der Waals surface area (Å²) in [6.07, 6.45) is 0. The lowest BCUT2D eigenvalue weighted by atomic mass is 10.0. The van der Waals surface area contributed by atoms with E-state index in [0.717, 1.165) is 15.5 Å². The first-order chi connectivity index (χ1) is 8.22. The number of hydrogen-bond donors (Lipinski definition) is 1. The van der Waals surface area contributed by atoms with Crippen molar-refractivity contribution in [1.29, 1.82) is 0 Å². The fourth-order valence-electron chi connectivity index (χ4n) is 1.79. The molecule has 1 N–H and O–H groups in total. The summed E-state index contributed by atoms with van der Waals surface area (Å²) in [4.78, 5) is 0. The van der Waals surface area contributed by atoms with Gasteiger partial charge in [0.25, 0.3) is 0 Å². The van der Waals surface area contributed by atoms with E-state index in [1.165, 1.54) is 11.1 Å². The maximum Gasteiger partial charge on any atom is 0.0596 e. The van der Waals surface area contributed by atoms with E-state index in [9.17, 15) is 0 Å². The normalized spacial score (nSPS) is 12.6. The average Bonchev–Trinajstić information content (AvgIpc) is 2.80. The standard InChI is InChI=1S/C13H13Br2NS/c1-2-16-13(9-5-6-17-8-9)11-4-3-10(14)7-12(11)15/h3-8,13,16H,2H2,1H3. The molecule has 0 saturated heterocycles. The number of hydrogen-bond acceptors (Lipinski definition) is 2. The lowest BCUT2D eigenvalue weighted by molar-refractivity contribution is 0.630. The van der Waals surface area contributed by atoms with Crippen molar-refractivity contribution in [1.82, 2.24) is 5.32 Å². The summed E-state index contributed by atoms with van der Waals surface area (Å²) < 4.78 is 2.22. The molecule has 1 unspecified atom stereocenters. The summed E-state index contributed by atoms with van der Waals surface area (Å²) in [6, 6.07) is 8.75. The van der Waals surface area contributed by atoms with Gasteiger partial charge in [0.05, 0.1) is 6.04 Å². The highest BCUT2D eigenvalue weighted by molar-refractivity contribution is 9.11. The highest BCUT2D eigenvalue weighted by atomic mass is 79.9. The molecule has 1 aromatic carbocycles. The molecular formula is C13H13Br2NS. The minimum atomic E-state index is 0.258. The molecule has 4 heteroatoms. The molecule has 1 aromatic heterocycles. The third kappa shape index (κ3) is 3.19. The van der Waals surface area contributed by atoms with Crippen LogP contribution in [-0.2, 0) is 0 Å². The quantitative estimate of drug-likeness (QED) is 0.796. The van der Waals surface area contributed by atoms with E-state index in [-0.39, 0.29) is 6.04 Å². The zero-order chi connectivity index (χ0) is 12.3. The summed E-state index contributed by atoms with van der Waals surface area (Å²) in [5.41, 5.74) is 2.59. The van der Waals surface area contributed by atoms with E-state index < -0.39 is 0 Å².